The Bertz CT molecular complexity index is 908. The second kappa shape index (κ2) is 4.61. The number of aromatic nitrogens is 6. The van der Waals surface area contributed by atoms with Crippen LogP contribution in [0.3, 0.4) is 0 Å². The highest BCUT2D eigenvalue weighted by molar-refractivity contribution is 6.45. The molecule has 3 aromatic heterocycles. The second-order valence-corrected chi connectivity index (χ2v) is 5.27. The fourth-order valence-corrected chi connectivity index (χ4v) is 2.78. The number of fused-ring (bicyclic) bond motifs is 1. The molecule has 0 atom stereocenters. The Morgan fingerprint density at radius 1 is 1.10 bits per heavy atom. The molecule has 3 heterocycles. The van der Waals surface area contributed by atoms with Crippen molar-refractivity contribution in [3.63, 3.8) is 0 Å². The van der Waals surface area contributed by atoms with Crippen molar-refractivity contribution in [3.8, 4) is 16.9 Å². The molecule has 0 saturated heterocycles. The first-order valence-corrected chi connectivity index (χ1v) is 6.85. The first-order valence-electron chi connectivity index (χ1n) is 6.10. The summed E-state index contributed by atoms with van der Waals surface area (Å²) in [5.74, 6) is 0.638. The third-order valence-electron chi connectivity index (χ3n) is 3.32. The summed E-state index contributed by atoms with van der Waals surface area (Å²) in [6, 6.07) is 3.71. The van der Waals surface area contributed by atoms with Crippen LogP contribution in [0.25, 0.3) is 27.8 Å². The number of rotatable bonds is 2. The first-order chi connectivity index (χ1) is 10.3. The molecule has 0 amide bonds. The second-order valence-electron chi connectivity index (χ2n) is 4.49. The van der Waals surface area contributed by atoms with E-state index in [2.05, 4.69) is 25.6 Å². The molecule has 1 aromatic carbocycles. The highest BCUT2D eigenvalue weighted by atomic mass is 35.5. The van der Waals surface area contributed by atoms with Crippen molar-refractivity contribution in [2.75, 3.05) is 0 Å². The van der Waals surface area contributed by atoms with Gasteiger partial charge in [0.1, 0.15) is 0 Å². The Balaban J connectivity index is 2.12. The summed E-state index contributed by atoms with van der Waals surface area (Å²) in [4.78, 5) is 0. The summed E-state index contributed by atoms with van der Waals surface area (Å²) in [6.45, 7) is 0. The van der Waals surface area contributed by atoms with Crippen LogP contribution in [-0.2, 0) is 0 Å². The number of H-pyrrole nitrogens is 2. The third-order valence-corrected chi connectivity index (χ3v) is 4.11. The zero-order valence-electron chi connectivity index (χ0n) is 10.5. The van der Waals surface area contributed by atoms with Gasteiger partial charge in [-0.15, -0.1) is 5.10 Å². The molecule has 0 bridgehead atoms. The van der Waals surface area contributed by atoms with Crippen molar-refractivity contribution in [3.05, 3.63) is 47.0 Å². The average molecular weight is 319 g/mol. The predicted molar refractivity (Wildman–Crippen MR) is 80.8 cm³/mol. The van der Waals surface area contributed by atoms with Gasteiger partial charge in [0, 0.05) is 28.9 Å². The minimum atomic E-state index is 0.479. The fraction of sp³-hybridized carbons (Fsp3) is 0. The summed E-state index contributed by atoms with van der Waals surface area (Å²) >= 11 is 12.5. The molecule has 0 fully saturated rings. The fourth-order valence-electron chi connectivity index (χ4n) is 2.38. The number of nitrogens with one attached hydrogen (secondary N) is 2. The number of hydrogen-bond donors (Lipinski definition) is 2. The summed E-state index contributed by atoms with van der Waals surface area (Å²) in [7, 11) is 0. The summed E-state index contributed by atoms with van der Waals surface area (Å²) in [6.07, 6.45) is 7.14. The largest absolute Gasteiger partial charge is 0.296 e. The van der Waals surface area contributed by atoms with E-state index in [0.717, 1.165) is 22.0 Å². The molecular weight excluding hydrogens is 311 g/mol. The van der Waals surface area contributed by atoms with Gasteiger partial charge in [-0.1, -0.05) is 29.3 Å². The summed E-state index contributed by atoms with van der Waals surface area (Å²) < 4.78 is 1.86. The van der Waals surface area contributed by atoms with E-state index in [4.69, 9.17) is 23.2 Å². The van der Waals surface area contributed by atoms with Crippen molar-refractivity contribution in [1.29, 1.82) is 0 Å². The molecule has 6 nitrogen and oxygen atoms in total. The van der Waals surface area contributed by atoms with Gasteiger partial charge in [-0.2, -0.15) is 15.4 Å². The van der Waals surface area contributed by atoms with Crippen molar-refractivity contribution in [2.24, 2.45) is 0 Å². The molecule has 0 aliphatic carbocycles. The molecule has 8 heteroatoms. The Kier molecular flexibility index (Phi) is 2.73. The molecule has 0 aliphatic rings. The van der Waals surface area contributed by atoms with Crippen LogP contribution < -0.4 is 0 Å². The van der Waals surface area contributed by atoms with E-state index >= 15 is 0 Å². The smallest absolute Gasteiger partial charge is 0.179 e. The molecular formula is C13H8Cl2N6. The minimum Gasteiger partial charge on any atom is -0.296 e. The van der Waals surface area contributed by atoms with Crippen LogP contribution in [-0.4, -0.2) is 30.2 Å². The minimum absolute atomic E-state index is 0.479. The van der Waals surface area contributed by atoms with Gasteiger partial charge in [-0.3, -0.25) is 9.67 Å². The van der Waals surface area contributed by atoms with Gasteiger partial charge in [-0.05, 0) is 6.07 Å². The van der Waals surface area contributed by atoms with Crippen LogP contribution in [0.15, 0.2) is 36.9 Å². The van der Waals surface area contributed by atoms with Gasteiger partial charge in [-0.25, -0.2) is 0 Å². The molecule has 0 radical (unpaired) electrons. The highest BCUT2D eigenvalue weighted by Gasteiger charge is 2.17. The maximum absolute atomic E-state index is 6.39. The lowest BCUT2D eigenvalue weighted by atomic mass is 10.1. The van der Waals surface area contributed by atoms with E-state index < -0.39 is 0 Å². The molecule has 2 N–H and O–H groups in total. The van der Waals surface area contributed by atoms with E-state index in [1.807, 2.05) is 23.0 Å². The van der Waals surface area contributed by atoms with Crippen LogP contribution >= 0.6 is 23.2 Å². The van der Waals surface area contributed by atoms with Crippen LogP contribution in [0, 0.1) is 0 Å². The topological polar surface area (TPSA) is 75.2 Å². The maximum Gasteiger partial charge on any atom is 0.179 e. The van der Waals surface area contributed by atoms with Crippen molar-refractivity contribution >= 4 is 34.1 Å². The van der Waals surface area contributed by atoms with Crippen LogP contribution in [0.5, 0.6) is 0 Å². The normalized spacial score (nSPS) is 11.3. The van der Waals surface area contributed by atoms with Gasteiger partial charge in [0.25, 0.3) is 0 Å². The molecule has 0 aliphatic heterocycles. The van der Waals surface area contributed by atoms with E-state index in [1.54, 1.807) is 18.5 Å². The van der Waals surface area contributed by atoms with E-state index in [1.165, 1.54) is 0 Å². The van der Waals surface area contributed by atoms with Gasteiger partial charge in [0.2, 0.25) is 0 Å². The zero-order valence-corrected chi connectivity index (χ0v) is 12.0. The highest BCUT2D eigenvalue weighted by Crippen LogP contribution is 2.38. The SMILES string of the molecule is Clc1ccc2c(-c3cn[nH]c3)cn(-c3cn[nH]n3)c2c1Cl. The summed E-state index contributed by atoms with van der Waals surface area (Å²) in [5.41, 5.74) is 2.73. The van der Waals surface area contributed by atoms with Crippen LogP contribution in [0.1, 0.15) is 0 Å². The lowest BCUT2D eigenvalue weighted by Crippen LogP contribution is -1.92. The lowest BCUT2D eigenvalue weighted by molar-refractivity contribution is 0.916. The standard InChI is InChI=1S/C13H8Cl2N6/c14-10-2-1-8-9(7-3-16-17-4-7)6-21(13(8)12(10)15)11-5-18-20-19-11/h1-6H,(H,16,17)(H,18,19,20). The monoisotopic (exact) mass is 318 g/mol. The molecule has 4 aromatic rings. The number of aromatic amines is 2. The van der Waals surface area contributed by atoms with Gasteiger partial charge >= 0.3 is 0 Å². The average Bonchev–Trinajstić information content (AvgIpc) is 3.21. The Labute approximate surface area is 128 Å². The first kappa shape index (κ1) is 12.4. The molecule has 0 saturated carbocycles. The van der Waals surface area contributed by atoms with E-state index in [0.29, 0.717) is 15.9 Å². The van der Waals surface area contributed by atoms with Crippen molar-refractivity contribution < 1.29 is 0 Å². The Morgan fingerprint density at radius 3 is 2.71 bits per heavy atom. The Hall–Kier alpha value is -2.31. The maximum atomic E-state index is 6.39. The van der Waals surface area contributed by atoms with Gasteiger partial charge < -0.3 is 0 Å². The summed E-state index contributed by atoms with van der Waals surface area (Å²) in [5, 5.41) is 19.3. The van der Waals surface area contributed by atoms with Gasteiger partial charge in [0.15, 0.2) is 5.82 Å². The molecule has 4 rings (SSSR count). The number of nitrogens with zero attached hydrogens (tertiary/aromatic N) is 4. The predicted octanol–water partition coefficient (Wildman–Crippen LogP) is 3.45. The number of benzene rings is 1. The van der Waals surface area contributed by atoms with E-state index in [9.17, 15) is 0 Å². The Morgan fingerprint density at radius 2 is 2.00 bits per heavy atom. The van der Waals surface area contributed by atoms with Gasteiger partial charge in [0.05, 0.1) is 28.0 Å². The molecule has 0 spiro atoms. The number of halogens is 2. The van der Waals surface area contributed by atoms with E-state index in [-0.39, 0.29) is 0 Å². The third kappa shape index (κ3) is 1.84. The molecule has 0 unspecified atom stereocenters. The molecule has 21 heavy (non-hydrogen) atoms. The molecule has 104 valence electrons. The lowest BCUT2D eigenvalue weighted by Gasteiger charge is -2.03. The number of hydrogen-bond acceptors (Lipinski definition) is 3. The quantitative estimate of drug-likeness (QED) is 0.594. The zero-order chi connectivity index (χ0) is 14.4. The van der Waals surface area contributed by atoms with Crippen LogP contribution in [0.4, 0.5) is 0 Å². The van der Waals surface area contributed by atoms with Crippen molar-refractivity contribution in [1.82, 2.24) is 30.2 Å². The van der Waals surface area contributed by atoms with Crippen molar-refractivity contribution in [2.45, 2.75) is 0 Å². The van der Waals surface area contributed by atoms with Crippen LogP contribution in [0.2, 0.25) is 10.0 Å².